The molecule has 7 heteroatoms. The number of halogens is 1. The number of carbonyl (C=O) groups excluding carboxylic acids is 2. The van der Waals surface area contributed by atoms with Crippen LogP contribution in [0.4, 0.5) is 0 Å². The van der Waals surface area contributed by atoms with Gasteiger partial charge in [-0.1, -0.05) is 0 Å². The molecule has 0 aromatic carbocycles. The first kappa shape index (κ1) is 14.0. The van der Waals surface area contributed by atoms with Crippen LogP contribution in [0.3, 0.4) is 0 Å². The molecule has 0 aromatic rings. The predicted molar refractivity (Wildman–Crippen MR) is 85.4 cm³/mol. The summed E-state index contributed by atoms with van der Waals surface area (Å²) in [6.45, 7) is 4.54. The number of nitrogens with one attached hydrogen (secondary N) is 2. The molecule has 2 bridgehead atoms. The molecular formula is C15H21IN2O4. The SMILES string of the molecule is CC(C)C(C(=O)OCC1C2CC3OC(=O)C1C3C2)C12NI1N2. The van der Waals surface area contributed by atoms with E-state index in [9.17, 15) is 9.59 Å². The van der Waals surface area contributed by atoms with Crippen molar-refractivity contribution in [2.24, 2.45) is 35.5 Å². The number of hydrogen-bond donors (Lipinski definition) is 2. The Morgan fingerprint density at radius 1 is 1.45 bits per heavy atom. The van der Waals surface area contributed by atoms with E-state index in [1.165, 1.54) is 0 Å². The molecule has 3 heterocycles. The monoisotopic (exact) mass is 420 g/mol. The summed E-state index contributed by atoms with van der Waals surface area (Å²) in [5, 5.41) is 0. The van der Waals surface area contributed by atoms with Gasteiger partial charge in [-0.2, -0.15) is 0 Å². The van der Waals surface area contributed by atoms with Gasteiger partial charge < -0.3 is 0 Å². The van der Waals surface area contributed by atoms with E-state index in [1.807, 2.05) is 0 Å². The first-order valence-electron chi connectivity index (χ1n) is 8.14. The third-order valence-corrected chi connectivity index (χ3v) is 10.7. The minimum atomic E-state index is -1.15. The van der Waals surface area contributed by atoms with Crippen molar-refractivity contribution in [2.45, 2.75) is 36.5 Å². The van der Waals surface area contributed by atoms with Gasteiger partial charge in [0.05, 0.1) is 0 Å². The molecule has 0 radical (unpaired) electrons. The fourth-order valence-corrected chi connectivity index (χ4v) is 10.0. The van der Waals surface area contributed by atoms with Crippen molar-refractivity contribution >= 4 is 32.3 Å². The molecule has 6 atom stereocenters. The summed E-state index contributed by atoms with van der Waals surface area (Å²) >= 11 is -1.15. The zero-order valence-electron chi connectivity index (χ0n) is 12.7. The van der Waals surface area contributed by atoms with Gasteiger partial charge >= 0.3 is 137 Å². The molecule has 2 aliphatic carbocycles. The molecule has 0 spiro atoms. The fraction of sp³-hybridized carbons (Fsp3) is 0.867. The minimum absolute atomic E-state index is 0.0198. The average Bonchev–Trinajstić information content (AvgIpc) is 3.13. The van der Waals surface area contributed by atoms with E-state index in [2.05, 4.69) is 20.9 Å². The number of fused-ring (bicyclic) bond motifs is 2. The van der Waals surface area contributed by atoms with Crippen molar-refractivity contribution < 1.29 is 19.1 Å². The van der Waals surface area contributed by atoms with E-state index in [4.69, 9.17) is 9.47 Å². The van der Waals surface area contributed by atoms with Crippen LogP contribution in [0.5, 0.6) is 0 Å². The molecule has 2 N–H and O–H groups in total. The van der Waals surface area contributed by atoms with E-state index in [0.717, 1.165) is 12.8 Å². The maximum atomic E-state index is 12.6. The van der Waals surface area contributed by atoms with Crippen LogP contribution in [-0.4, -0.2) is 28.3 Å². The number of rotatable bonds is 5. The molecule has 6 unspecified atom stereocenters. The van der Waals surface area contributed by atoms with Gasteiger partial charge in [0.1, 0.15) is 0 Å². The van der Waals surface area contributed by atoms with Crippen LogP contribution in [-0.2, 0) is 19.1 Å². The van der Waals surface area contributed by atoms with Crippen molar-refractivity contribution in [1.82, 2.24) is 7.06 Å². The van der Waals surface area contributed by atoms with Crippen molar-refractivity contribution in [3.63, 3.8) is 0 Å². The van der Waals surface area contributed by atoms with Crippen molar-refractivity contribution in [2.75, 3.05) is 6.61 Å². The average molecular weight is 420 g/mol. The second-order valence-corrected chi connectivity index (χ2v) is 12.0. The third-order valence-electron chi connectivity index (χ3n) is 6.11. The number of ether oxygens (including phenoxy) is 2. The van der Waals surface area contributed by atoms with Gasteiger partial charge in [0, 0.05) is 0 Å². The van der Waals surface area contributed by atoms with Crippen LogP contribution in [0.1, 0.15) is 26.7 Å². The molecule has 0 aromatic heterocycles. The van der Waals surface area contributed by atoms with Crippen LogP contribution < -0.4 is 7.06 Å². The quantitative estimate of drug-likeness (QED) is 0.173. The van der Waals surface area contributed by atoms with Crippen LogP contribution in [0.2, 0.25) is 0 Å². The molecule has 3 saturated heterocycles. The number of esters is 2. The molecule has 122 valence electrons. The third kappa shape index (κ3) is 1.73. The zero-order valence-corrected chi connectivity index (χ0v) is 14.8. The summed E-state index contributed by atoms with van der Waals surface area (Å²) in [6.07, 6.45) is 2.18. The molecular weight excluding hydrogens is 399 g/mol. The van der Waals surface area contributed by atoms with E-state index in [1.54, 1.807) is 0 Å². The Kier molecular flexibility index (Phi) is 2.77. The first-order valence-corrected chi connectivity index (χ1v) is 11.4. The molecule has 3 aliphatic heterocycles. The van der Waals surface area contributed by atoms with Crippen molar-refractivity contribution in [1.29, 1.82) is 0 Å². The van der Waals surface area contributed by atoms with Crippen LogP contribution in [0, 0.1) is 35.5 Å². The summed E-state index contributed by atoms with van der Waals surface area (Å²) < 4.78 is 18.0. The Morgan fingerprint density at radius 3 is 2.82 bits per heavy atom. The van der Waals surface area contributed by atoms with E-state index >= 15 is 0 Å². The standard InChI is InChI=1S/C15H21IN2O4/c1-6(2)12(15-16(17-15)18-15)14(20)21-5-9-7-3-8-10(4-7)22-13(19)11(8)9/h6-12,17-18H,3-5H2,1-2H3. The number of alkyl halides is 1. The molecule has 5 fully saturated rings. The Balaban J connectivity index is 1.26. The summed E-state index contributed by atoms with van der Waals surface area (Å²) in [5.41, 5.74) is 0. The van der Waals surface area contributed by atoms with Crippen LogP contribution in [0.25, 0.3) is 0 Å². The summed E-state index contributed by atoms with van der Waals surface area (Å²) in [7, 11) is 0. The summed E-state index contributed by atoms with van der Waals surface area (Å²) in [5.74, 6) is 1.06. The van der Waals surface area contributed by atoms with Gasteiger partial charge in [-0.15, -0.1) is 0 Å². The molecule has 6 nitrogen and oxygen atoms in total. The summed E-state index contributed by atoms with van der Waals surface area (Å²) in [6, 6.07) is 0. The van der Waals surface area contributed by atoms with Crippen molar-refractivity contribution in [3.8, 4) is 0 Å². The second kappa shape index (κ2) is 4.36. The molecule has 5 rings (SSSR count). The number of carbonyl (C=O) groups is 2. The van der Waals surface area contributed by atoms with Crippen LogP contribution in [0.15, 0.2) is 0 Å². The van der Waals surface area contributed by atoms with Gasteiger partial charge in [-0.25, -0.2) is 0 Å². The number of hydrogen-bond acceptors (Lipinski definition) is 6. The molecule has 2 saturated carbocycles. The predicted octanol–water partition coefficient (Wildman–Crippen LogP) is 1.20. The maximum absolute atomic E-state index is 12.6. The Hall–Kier alpha value is -0.410. The van der Waals surface area contributed by atoms with Crippen molar-refractivity contribution in [3.05, 3.63) is 0 Å². The molecule has 0 amide bonds. The van der Waals surface area contributed by atoms with Gasteiger partial charge in [-0.3, -0.25) is 0 Å². The zero-order chi connectivity index (χ0) is 15.2. The van der Waals surface area contributed by atoms with Gasteiger partial charge in [0.2, 0.25) is 0 Å². The second-order valence-electron chi connectivity index (χ2n) is 7.60. The van der Waals surface area contributed by atoms with Crippen LogP contribution >= 0.6 is 20.4 Å². The van der Waals surface area contributed by atoms with Gasteiger partial charge in [0.25, 0.3) is 0 Å². The van der Waals surface area contributed by atoms with E-state index < -0.39 is 20.4 Å². The molecule has 22 heavy (non-hydrogen) atoms. The first-order chi connectivity index (χ1) is 10.5. The summed E-state index contributed by atoms with van der Waals surface area (Å²) in [4.78, 5) is 24.5. The van der Waals surface area contributed by atoms with E-state index in [0.29, 0.717) is 18.4 Å². The van der Waals surface area contributed by atoms with Gasteiger partial charge in [-0.05, 0) is 0 Å². The normalized spacial score (nSPS) is 44.8. The Labute approximate surface area is 137 Å². The Morgan fingerprint density at radius 2 is 2.18 bits per heavy atom. The van der Waals surface area contributed by atoms with E-state index in [-0.39, 0.29) is 45.4 Å². The fourth-order valence-electron chi connectivity index (χ4n) is 5.00. The van der Waals surface area contributed by atoms with Gasteiger partial charge in [0.15, 0.2) is 0 Å². The molecule has 5 aliphatic rings. The Bertz CT molecular complexity index is 560. The topological polar surface area (TPSA) is 96.5 Å².